The maximum atomic E-state index is 7.22. The van der Waals surface area contributed by atoms with Gasteiger partial charge in [0.2, 0.25) is 8.32 Å². The zero-order valence-electron chi connectivity index (χ0n) is 28.4. The third-order valence-corrected chi connectivity index (χ3v) is 19.0. The lowest BCUT2D eigenvalue weighted by Gasteiger charge is -2.37. The molecule has 0 saturated heterocycles. The second-order valence-corrected chi connectivity index (χ2v) is 28.3. The summed E-state index contributed by atoms with van der Waals surface area (Å²) in [6, 6.07) is 3.46. The van der Waals surface area contributed by atoms with E-state index in [0.717, 1.165) is 55.1 Å². The van der Waals surface area contributed by atoms with E-state index in [9.17, 15) is 0 Å². The second-order valence-electron chi connectivity index (χ2n) is 14.4. The molecule has 0 aromatic rings. The summed E-state index contributed by atoms with van der Waals surface area (Å²) >= 11 is 0. The van der Waals surface area contributed by atoms with Gasteiger partial charge in [-0.25, -0.2) is 0 Å². The highest BCUT2D eigenvalue weighted by Crippen LogP contribution is 2.44. The minimum atomic E-state index is -2.01. The van der Waals surface area contributed by atoms with Gasteiger partial charge in [-0.2, -0.15) is 0 Å². The van der Waals surface area contributed by atoms with Crippen LogP contribution in [0.1, 0.15) is 101 Å². The van der Waals surface area contributed by atoms with E-state index in [0.29, 0.717) is 0 Å². The molecular weight excluding hydrogens is 529 g/mol. The van der Waals surface area contributed by atoms with Gasteiger partial charge >= 0.3 is 0 Å². The molecule has 0 amide bonds. The molecule has 0 bridgehead atoms. The topological polar surface area (TPSA) is 27.7 Å². The Labute approximate surface area is 247 Å². The van der Waals surface area contributed by atoms with E-state index in [4.69, 9.17) is 13.3 Å². The molecule has 0 radical (unpaired) electrons. The van der Waals surface area contributed by atoms with Gasteiger partial charge in [-0.15, -0.1) is 0 Å². The predicted molar refractivity (Wildman–Crippen MR) is 180 cm³/mol. The highest BCUT2D eigenvalue weighted by molar-refractivity contribution is 6.74. The Balaban J connectivity index is 3.55. The lowest BCUT2D eigenvalue weighted by atomic mass is 9.93. The van der Waals surface area contributed by atoms with E-state index in [-0.39, 0.29) is 22.7 Å². The molecule has 1 unspecified atom stereocenters. The van der Waals surface area contributed by atoms with Gasteiger partial charge in [-0.05, 0) is 75.7 Å². The summed E-state index contributed by atoms with van der Waals surface area (Å²) in [5.41, 5.74) is 1.04. The normalized spacial score (nSPS) is 20.8. The van der Waals surface area contributed by atoms with Crippen molar-refractivity contribution in [3.8, 4) is 11.8 Å². The molecule has 0 aliphatic heterocycles. The smallest absolute Gasteiger partial charge is 0.250 e. The lowest BCUT2D eigenvalue weighted by Crippen LogP contribution is -2.42. The molecule has 39 heavy (non-hydrogen) atoms. The summed E-state index contributed by atoms with van der Waals surface area (Å²) < 4.78 is 21.0. The highest BCUT2D eigenvalue weighted by Gasteiger charge is 2.45. The van der Waals surface area contributed by atoms with Crippen LogP contribution in [0.5, 0.6) is 0 Å². The minimum absolute atomic E-state index is 0.105. The molecule has 6 heteroatoms. The van der Waals surface area contributed by atoms with Gasteiger partial charge in [0.1, 0.15) is 0 Å². The van der Waals surface area contributed by atoms with Crippen LogP contribution in [0, 0.1) is 17.8 Å². The summed E-state index contributed by atoms with van der Waals surface area (Å²) in [5, 5.41) is 0.137. The Bertz CT molecular complexity index is 870. The molecule has 0 spiro atoms. The third kappa shape index (κ3) is 11.0. The van der Waals surface area contributed by atoms with E-state index in [1.165, 1.54) is 12.8 Å². The minimum Gasteiger partial charge on any atom is -0.546 e. The third-order valence-electron chi connectivity index (χ3n) is 8.84. The first kappa shape index (κ1) is 36.4. The van der Waals surface area contributed by atoms with Crippen molar-refractivity contribution in [1.29, 1.82) is 0 Å². The van der Waals surface area contributed by atoms with Crippen molar-refractivity contribution in [3.63, 3.8) is 0 Å². The Morgan fingerprint density at radius 3 is 1.97 bits per heavy atom. The molecule has 0 saturated carbocycles. The largest absolute Gasteiger partial charge is 0.546 e. The van der Waals surface area contributed by atoms with E-state index in [1.807, 2.05) is 0 Å². The van der Waals surface area contributed by atoms with Crippen molar-refractivity contribution in [2.45, 2.75) is 168 Å². The summed E-state index contributed by atoms with van der Waals surface area (Å²) in [4.78, 5) is 0. The van der Waals surface area contributed by atoms with Crippen LogP contribution in [0.25, 0.3) is 0 Å². The molecule has 0 aromatic heterocycles. The Morgan fingerprint density at radius 2 is 1.51 bits per heavy atom. The van der Waals surface area contributed by atoms with Crippen LogP contribution in [-0.4, -0.2) is 36.7 Å². The average Bonchev–Trinajstić information content (AvgIpc) is 3.12. The van der Waals surface area contributed by atoms with Crippen LogP contribution < -0.4 is 0 Å². The zero-order chi connectivity index (χ0) is 30.1. The predicted octanol–water partition coefficient (Wildman–Crippen LogP) is 10.8. The molecule has 0 N–H and O–H groups in total. The number of hydrogen-bond acceptors (Lipinski definition) is 3. The maximum absolute atomic E-state index is 7.22. The SMILES string of the molecule is CCC#CC1=C(O[Si](C)(C)C(C)(C)C)C[C@@H](O[Si](CC)(CC)CC)[C@@H]1/C=C/CC(C)(CCCC)O[Si](C)(C)C. The van der Waals surface area contributed by atoms with E-state index < -0.39 is 25.0 Å². The van der Waals surface area contributed by atoms with E-state index in [1.54, 1.807) is 0 Å². The van der Waals surface area contributed by atoms with Crippen molar-refractivity contribution < 1.29 is 13.3 Å². The van der Waals surface area contributed by atoms with Gasteiger partial charge in [0.05, 0.1) is 17.5 Å². The van der Waals surface area contributed by atoms with Crippen LogP contribution in [-0.2, 0) is 13.3 Å². The summed E-state index contributed by atoms with van der Waals surface area (Å²) in [6.45, 7) is 32.2. The Hall–Kier alpha value is -0.589. The first-order valence-corrected chi connectivity index (χ1v) is 24.7. The molecule has 0 heterocycles. The average molecular weight is 593 g/mol. The summed E-state index contributed by atoms with van der Waals surface area (Å²) in [6.07, 6.45) is 11.0. The molecule has 3 nitrogen and oxygen atoms in total. The van der Waals surface area contributed by atoms with Crippen molar-refractivity contribution in [3.05, 3.63) is 23.5 Å². The molecule has 1 aliphatic rings. The van der Waals surface area contributed by atoms with Crippen molar-refractivity contribution in [2.75, 3.05) is 0 Å². The van der Waals surface area contributed by atoms with Gasteiger partial charge in [0.25, 0.3) is 0 Å². The number of rotatable bonds is 15. The molecule has 3 atom stereocenters. The standard InChI is InChI=1S/C33H64O3Si3/c1-15-20-23-28-29(24-22-26-33(9,25-21-16-2)36-37(10,11)12)31(35-39(17-3,18-4)19-5)27-30(28)34-38(13,14)32(6,7)8/h22,24,29,31H,15-19,21,25-27H2,1-14H3/b24-22+/t29-,31-,33?/m1/s1. The number of hydrogen-bond donors (Lipinski definition) is 0. The van der Waals surface area contributed by atoms with Crippen LogP contribution >= 0.6 is 0 Å². The van der Waals surface area contributed by atoms with Gasteiger partial charge in [-0.1, -0.05) is 92.2 Å². The van der Waals surface area contributed by atoms with Gasteiger partial charge in [-0.3, -0.25) is 0 Å². The molecule has 226 valence electrons. The first-order valence-electron chi connectivity index (χ1n) is 15.9. The quantitative estimate of drug-likeness (QED) is 0.107. The second kappa shape index (κ2) is 15.0. The molecule has 0 aromatic carbocycles. The van der Waals surface area contributed by atoms with Gasteiger partial charge in [0, 0.05) is 24.3 Å². The highest BCUT2D eigenvalue weighted by atomic mass is 28.4. The van der Waals surface area contributed by atoms with E-state index >= 15 is 0 Å². The van der Waals surface area contributed by atoms with Crippen molar-refractivity contribution >= 4 is 25.0 Å². The van der Waals surface area contributed by atoms with Gasteiger partial charge in [0.15, 0.2) is 16.6 Å². The Morgan fingerprint density at radius 1 is 0.923 bits per heavy atom. The zero-order valence-corrected chi connectivity index (χ0v) is 31.4. The molecule has 1 rings (SSSR count). The summed E-state index contributed by atoms with van der Waals surface area (Å²) in [7, 11) is -5.48. The van der Waals surface area contributed by atoms with Crippen LogP contribution in [0.15, 0.2) is 23.5 Å². The monoisotopic (exact) mass is 592 g/mol. The lowest BCUT2D eigenvalue weighted by molar-refractivity contribution is 0.0713. The molecular formula is C33H64O3Si3. The fraction of sp³-hybridized carbons (Fsp3) is 0.818. The van der Waals surface area contributed by atoms with Crippen molar-refractivity contribution in [1.82, 2.24) is 0 Å². The van der Waals surface area contributed by atoms with Crippen LogP contribution in [0.4, 0.5) is 0 Å². The molecule has 0 fully saturated rings. The fourth-order valence-corrected chi connectivity index (χ4v) is 10.9. The number of unbranched alkanes of at least 4 members (excludes halogenated alkanes) is 1. The molecule has 1 aliphatic carbocycles. The van der Waals surface area contributed by atoms with Crippen LogP contribution in [0.3, 0.4) is 0 Å². The fourth-order valence-electron chi connectivity index (χ4n) is 5.29. The first-order chi connectivity index (χ1) is 17.9. The Kier molecular flexibility index (Phi) is 14.1. The maximum Gasteiger partial charge on any atom is 0.250 e. The summed E-state index contributed by atoms with van der Waals surface area (Å²) in [5.74, 6) is 8.22. The van der Waals surface area contributed by atoms with Crippen LogP contribution in [0.2, 0.25) is 55.9 Å². The van der Waals surface area contributed by atoms with Crippen molar-refractivity contribution in [2.24, 2.45) is 5.92 Å². The van der Waals surface area contributed by atoms with Gasteiger partial charge < -0.3 is 13.3 Å². The van der Waals surface area contributed by atoms with E-state index in [2.05, 4.69) is 119 Å².